The molecule has 0 bridgehead atoms. The minimum absolute atomic E-state index is 0.0213. The van der Waals surface area contributed by atoms with Gasteiger partial charge in [0.2, 0.25) is 11.9 Å². The fourth-order valence-corrected chi connectivity index (χ4v) is 5.64. The number of anilines is 3. The van der Waals surface area contributed by atoms with Crippen LogP contribution in [0.2, 0.25) is 0 Å². The van der Waals surface area contributed by atoms with Gasteiger partial charge in [-0.2, -0.15) is 4.98 Å². The van der Waals surface area contributed by atoms with Gasteiger partial charge in [-0.1, -0.05) is 18.2 Å². The average molecular weight is 456 g/mol. The van der Waals surface area contributed by atoms with Crippen molar-refractivity contribution in [3.8, 4) is 5.75 Å². The lowest BCUT2D eigenvalue weighted by Gasteiger charge is -2.27. The summed E-state index contributed by atoms with van der Waals surface area (Å²) in [5.74, 6) is 1.47. The number of phenolic OH excluding ortho intramolecular Hbond substituents is 1. The maximum absolute atomic E-state index is 13.6. The predicted octanol–water partition coefficient (Wildman–Crippen LogP) is 4.23. The molecule has 0 saturated carbocycles. The molecule has 6 rings (SSSR count). The lowest BCUT2D eigenvalue weighted by Crippen LogP contribution is -2.38. The summed E-state index contributed by atoms with van der Waals surface area (Å²) < 4.78 is 0. The van der Waals surface area contributed by atoms with Crippen LogP contribution >= 0.6 is 0 Å². The molecule has 34 heavy (non-hydrogen) atoms. The van der Waals surface area contributed by atoms with Crippen LogP contribution in [-0.4, -0.2) is 39.5 Å². The van der Waals surface area contributed by atoms with Crippen molar-refractivity contribution in [1.82, 2.24) is 14.9 Å². The monoisotopic (exact) mass is 455 g/mol. The highest BCUT2D eigenvalue weighted by Crippen LogP contribution is 2.49. The van der Waals surface area contributed by atoms with Crippen LogP contribution in [0.3, 0.4) is 0 Å². The number of nitrogens with zero attached hydrogens (tertiary/aromatic N) is 4. The van der Waals surface area contributed by atoms with Gasteiger partial charge in [-0.3, -0.25) is 9.69 Å². The van der Waals surface area contributed by atoms with E-state index in [1.54, 1.807) is 12.3 Å². The molecular formula is C27H29N5O2. The van der Waals surface area contributed by atoms with Crippen LogP contribution in [0.15, 0.2) is 42.6 Å². The molecule has 1 aliphatic carbocycles. The molecule has 3 aromatic rings. The van der Waals surface area contributed by atoms with Crippen molar-refractivity contribution in [2.24, 2.45) is 0 Å². The van der Waals surface area contributed by atoms with Crippen LogP contribution in [0.4, 0.5) is 17.5 Å². The number of aromatic hydroxyl groups is 1. The molecule has 7 heteroatoms. The number of rotatable bonds is 3. The van der Waals surface area contributed by atoms with E-state index >= 15 is 0 Å². The number of fused-ring (bicyclic) bond motifs is 3. The Balaban J connectivity index is 1.36. The van der Waals surface area contributed by atoms with Gasteiger partial charge in [0.25, 0.3) is 0 Å². The van der Waals surface area contributed by atoms with Crippen LogP contribution in [0, 0.1) is 0 Å². The molecule has 174 valence electrons. The number of phenols is 1. The van der Waals surface area contributed by atoms with Gasteiger partial charge >= 0.3 is 0 Å². The van der Waals surface area contributed by atoms with Crippen molar-refractivity contribution in [3.63, 3.8) is 0 Å². The third kappa shape index (κ3) is 3.18. The van der Waals surface area contributed by atoms with Crippen molar-refractivity contribution in [2.45, 2.75) is 51.1 Å². The zero-order chi connectivity index (χ0) is 23.6. The average Bonchev–Trinajstić information content (AvgIpc) is 3.31. The largest absolute Gasteiger partial charge is 0.508 e. The van der Waals surface area contributed by atoms with E-state index in [1.165, 1.54) is 11.1 Å². The Bertz CT molecular complexity index is 1320. The molecule has 1 atom stereocenters. The van der Waals surface area contributed by atoms with E-state index in [-0.39, 0.29) is 11.9 Å². The molecule has 2 aromatic carbocycles. The summed E-state index contributed by atoms with van der Waals surface area (Å²) in [4.78, 5) is 27.2. The number of carbonyl (C=O) groups is 1. The van der Waals surface area contributed by atoms with E-state index in [0.717, 1.165) is 54.7 Å². The molecule has 2 N–H and O–H groups in total. The second kappa shape index (κ2) is 7.53. The van der Waals surface area contributed by atoms with Crippen LogP contribution < -0.4 is 10.2 Å². The zero-order valence-corrected chi connectivity index (χ0v) is 19.8. The van der Waals surface area contributed by atoms with Crippen LogP contribution in [0.5, 0.6) is 5.75 Å². The molecule has 7 nitrogen and oxygen atoms in total. The van der Waals surface area contributed by atoms with Crippen molar-refractivity contribution in [2.75, 3.05) is 23.8 Å². The Kier molecular flexibility index (Phi) is 4.68. The van der Waals surface area contributed by atoms with Gasteiger partial charge in [0, 0.05) is 30.5 Å². The predicted molar refractivity (Wildman–Crippen MR) is 131 cm³/mol. The third-order valence-corrected chi connectivity index (χ3v) is 7.62. The third-order valence-electron chi connectivity index (χ3n) is 7.62. The standard InChI is InChI=1S/C27H29N5O2/c1-27(2)21-14-28-26(29-18-8-7-17-15-31(3)12-11-16(17)13-18)30-24(21)32(25(27)34)22-10-9-20-19(22)5-4-6-23(20)33/h4-8,13-14,22,33H,9-12,15H2,1-3H3,(H,28,29,30)/t22-/m1/s1. The minimum Gasteiger partial charge on any atom is -0.508 e. The first-order valence-corrected chi connectivity index (χ1v) is 11.9. The molecule has 1 aromatic heterocycles. The first-order valence-electron chi connectivity index (χ1n) is 11.9. The molecule has 0 radical (unpaired) electrons. The second-order valence-electron chi connectivity index (χ2n) is 10.2. The molecule has 1 amide bonds. The first kappa shape index (κ1) is 21.1. The molecule has 0 fully saturated rings. The smallest absolute Gasteiger partial charge is 0.239 e. The number of aromatic nitrogens is 2. The van der Waals surface area contributed by atoms with Gasteiger partial charge in [0.1, 0.15) is 11.6 Å². The molecule has 3 heterocycles. The molecule has 0 spiro atoms. The van der Waals surface area contributed by atoms with Crippen molar-refractivity contribution in [1.29, 1.82) is 0 Å². The van der Waals surface area contributed by atoms with Gasteiger partial charge in [-0.05, 0) is 80.6 Å². The lowest BCUT2D eigenvalue weighted by atomic mass is 9.88. The molecule has 3 aliphatic rings. The summed E-state index contributed by atoms with van der Waals surface area (Å²) in [6.45, 7) is 5.89. The first-order chi connectivity index (χ1) is 16.3. The van der Waals surface area contributed by atoms with E-state index in [4.69, 9.17) is 4.98 Å². The van der Waals surface area contributed by atoms with Crippen LogP contribution in [-0.2, 0) is 29.6 Å². The number of nitrogens with one attached hydrogen (secondary N) is 1. The summed E-state index contributed by atoms with van der Waals surface area (Å²) in [6, 6.07) is 11.8. The number of hydrogen-bond acceptors (Lipinski definition) is 6. The summed E-state index contributed by atoms with van der Waals surface area (Å²) >= 11 is 0. The highest BCUT2D eigenvalue weighted by atomic mass is 16.3. The van der Waals surface area contributed by atoms with E-state index < -0.39 is 5.41 Å². The quantitative estimate of drug-likeness (QED) is 0.615. The fraction of sp³-hybridized carbons (Fsp3) is 0.370. The number of hydrogen-bond donors (Lipinski definition) is 2. The Labute approximate surface area is 199 Å². The van der Waals surface area contributed by atoms with E-state index in [9.17, 15) is 9.90 Å². The Morgan fingerprint density at radius 3 is 2.85 bits per heavy atom. The van der Waals surface area contributed by atoms with Crippen molar-refractivity contribution < 1.29 is 9.90 Å². The molecule has 2 aliphatic heterocycles. The van der Waals surface area contributed by atoms with Gasteiger partial charge < -0.3 is 15.3 Å². The number of likely N-dealkylation sites (N-methyl/N-ethyl adjacent to an activating group) is 1. The summed E-state index contributed by atoms with van der Waals surface area (Å²) in [6.07, 6.45) is 4.32. The fourth-order valence-electron chi connectivity index (χ4n) is 5.64. The highest BCUT2D eigenvalue weighted by molar-refractivity contribution is 6.07. The SMILES string of the molecule is CN1CCc2cc(Nc3ncc4c(n3)N([C@@H]3CCc5c(O)cccc53)C(=O)C4(C)C)ccc2C1. The van der Waals surface area contributed by atoms with E-state index in [1.807, 2.05) is 30.9 Å². The van der Waals surface area contributed by atoms with E-state index in [0.29, 0.717) is 17.5 Å². The number of amides is 1. The van der Waals surface area contributed by atoms with Gasteiger partial charge in [-0.15, -0.1) is 0 Å². The number of benzene rings is 2. The number of carbonyl (C=O) groups excluding carboxylic acids is 1. The Hall–Kier alpha value is -3.45. The highest BCUT2D eigenvalue weighted by Gasteiger charge is 2.49. The molecule has 0 saturated heterocycles. The summed E-state index contributed by atoms with van der Waals surface area (Å²) in [5, 5.41) is 13.7. The Morgan fingerprint density at radius 1 is 1.15 bits per heavy atom. The van der Waals surface area contributed by atoms with Crippen LogP contribution in [0.25, 0.3) is 0 Å². The van der Waals surface area contributed by atoms with Crippen LogP contribution in [0.1, 0.15) is 54.1 Å². The Morgan fingerprint density at radius 2 is 2.00 bits per heavy atom. The second-order valence-corrected chi connectivity index (χ2v) is 10.2. The normalized spacial score (nSPS) is 20.7. The maximum Gasteiger partial charge on any atom is 0.239 e. The lowest BCUT2D eigenvalue weighted by molar-refractivity contribution is -0.122. The maximum atomic E-state index is 13.6. The van der Waals surface area contributed by atoms with Gasteiger partial charge in [0.05, 0.1) is 11.5 Å². The summed E-state index contributed by atoms with van der Waals surface area (Å²) in [5.41, 5.74) is 5.73. The van der Waals surface area contributed by atoms with Gasteiger partial charge in [0.15, 0.2) is 0 Å². The topological polar surface area (TPSA) is 81.6 Å². The molecule has 0 unspecified atom stereocenters. The van der Waals surface area contributed by atoms with Gasteiger partial charge in [-0.25, -0.2) is 4.98 Å². The van der Waals surface area contributed by atoms with Crippen molar-refractivity contribution in [3.05, 3.63) is 70.4 Å². The minimum atomic E-state index is -0.703. The van der Waals surface area contributed by atoms with E-state index in [2.05, 4.69) is 40.4 Å². The zero-order valence-electron chi connectivity index (χ0n) is 19.8. The molecular weight excluding hydrogens is 426 g/mol. The van der Waals surface area contributed by atoms with Crippen molar-refractivity contribution >= 4 is 23.4 Å². The summed E-state index contributed by atoms with van der Waals surface area (Å²) in [7, 11) is 2.14.